The van der Waals surface area contributed by atoms with Crippen LogP contribution in [-0.2, 0) is 36.3 Å². The number of benzene rings is 2. The van der Waals surface area contributed by atoms with E-state index in [2.05, 4.69) is 0 Å². The first-order valence-corrected chi connectivity index (χ1v) is 13.2. The average molecular weight is 545 g/mol. The van der Waals surface area contributed by atoms with Gasteiger partial charge in [-0.1, -0.05) is 27.7 Å². The van der Waals surface area contributed by atoms with Gasteiger partial charge >= 0.3 is 11.9 Å². The lowest BCUT2D eigenvalue weighted by Crippen LogP contribution is -2.19. The summed E-state index contributed by atoms with van der Waals surface area (Å²) in [6.45, 7) is 8.06. The number of aromatic hydroxyl groups is 2. The van der Waals surface area contributed by atoms with E-state index in [-0.39, 0.29) is 29.9 Å². The highest BCUT2D eigenvalue weighted by molar-refractivity contribution is 5.69. The zero-order valence-electron chi connectivity index (χ0n) is 24.6. The maximum absolute atomic E-state index is 11.6. The molecule has 2 aromatic rings. The maximum Gasteiger partial charge on any atom is 0.305 e. The third kappa shape index (κ3) is 8.28. The van der Waals surface area contributed by atoms with Crippen LogP contribution in [0.2, 0.25) is 0 Å². The van der Waals surface area contributed by atoms with Gasteiger partial charge in [-0.25, -0.2) is 0 Å². The lowest BCUT2D eigenvalue weighted by Gasteiger charge is -2.29. The van der Waals surface area contributed by atoms with E-state index in [0.29, 0.717) is 72.3 Å². The molecular weight excluding hydrogens is 500 g/mol. The van der Waals surface area contributed by atoms with E-state index >= 15 is 0 Å². The molecule has 0 saturated heterocycles. The van der Waals surface area contributed by atoms with Crippen molar-refractivity contribution in [1.29, 1.82) is 0 Å². The first-order chi connectivity index (χ1) is 18.3. The van der Waals surface area contributed by atoms with Crippen LogP contribution in [0.15, 0.2) is 24.3 Å². The van der Waals surface area contributed by atoms with E-state index in [1.807, 2.05) is 39.8 Å². The average Bonchev–Trinajstić information content (AvgIpc) is 2.89. The number of ether oxygens (including phenoxy) is 4. The first kappa shape index (κ1) is 31.8. The number of methoxy groups -OCH3 is 4. The van der Waals surface area contributed by atoms with Crippen molar-refractivity contribution in [2.75, 3.05) is 28.4 Å². The Labute approximate surface area is 232 Å². The van der Waals surface area contributed by atoms with E-state index in [0.717, 1.165) is 0 Å². The third-order valence-corrected chi connectivity index (χ3v) is 7.46. The minimum Gasteiger partial charge on any atom is -0.507 e. The molecule has 39 heavy (non-hydrogen) atoms. The van der Waals surface area contributed by atoms with Crippen LogP contribution in [0.25, 0.3) is 0 Å². The Bertz CT molecular complexity index is 1060. The molecule has 0 aromatic heterocycles. The fourth-order valence-corrected chi connectivity index (χ4v) is 4.90. The fraction of sp³-hybridized carbons (Fsp3) is 0.548. The molecule has 216 valence electrons. The molecule has 0 unspecified atom stereocenters. The summed E-state index contributed by atoms with van der Waals surface area (Å²) in [5.41, 5.74) is 1.70. The van der Waals surface area contributed by atoms with Gasteiger partial charge in [0.1, 0.15) is 23.0 Å². The molecule has 0 spiro atoms. The van der Waals surface area contributed by atoms with Crippen molar-refractivity contribution < 1.29 is 38.7 Å². The largest absolute Gasteiger partial charge is 0.507 e. The van der Waals surface area contributed by atoms with Crippen molar-refractivity contribution >= 4 is 11.9 Å². The van der Waals surface area contributed by atoms with Gasteiger partial charge in [-0.15, -0.1) is 0 Å². The van der Waals surface area contributed by atoms with Crippen LogP contribution < -0.4 is 9.47 Å². The number of rotatable bonds is 14. The number of esters is 2. The second-order valence-electron chi connectivity index (χ2n) is 11.2. The van der Waals surface area contributed by atoms with E-state index in [1.54, 1.807) is 26.4 Å². The molecule has 0 aliphatic heterocycles. The second-order valence-corrected chi connectivity index (χ2v) is 11.2. The Morgan fingerprint density at radius 2 is 1.03 bits per heavy atom. The van der Waals surface area contributed by atoms with E-state index in [4.69, 9.17) is 18.9 Å². The van der Waals surface area contributed by atoms with Crippen molar-refractivity contribution in [2.45, 2.75) is 83.5 Å². The molecule has 0 aliphatic rings. The molecule has 0 bridgehead atoms. The molecule has 0 aliphatic carbocycles. The number of phenolic OH excluding ortho intramolecular Hbond substituents is 2. The normalized spacial score (nSPS) is 11.7. The van der Waals surface area contributed by atoms with Gasteiger partial charge in [0.25, 0.3) is 0 Å². The summed E-state index contributed by atoms with van der Waals surface area (Å²) in [6.07, 6.45) is 3.35. The van der Waals surface area contributed by atoms with Gasteiger partial charge in [0, 0.05) is 41.5 Å². The standard InChI is InChI=1S/C31H44O8/c1-30(2,13-9-11-26(32)38-7)24-18-22(36-5)16-20(28(24)34)15-21-17-23(37-6)19-25(29(21)35)31(3,4)14-10-12-27(33)39-8/h16-19,34-35H,9-15H2,1-8H3. The van der Waals surface area contributed by atoms with Crippen LogP contribution in [0.1, 0.15) is 88.5 Å². The molecule has 0 amide bonds. The topological polar surface area (TPSA) is 112 Å². The highest BCUT2D eigenvalue weighted by atomic mass is 16.5. The van der Waals surface area contributed by atoms with Gasteiger partial charge in [0.2, 0.25) is 0 Å². The monoisotopic (exact) mass is 544 g/mol. The smallest absolute Gasteiger partial charge is 0.305 e. The summed E-state index contributed by atoms with van der Waals surface area (Å²) < 4.78 is 20.6. The summed E-state index contributed by atoms with van der Waals surface area (Å²) in [4.78, 5) is 23.2. The number of carbonyl (C=O) groups excluding carboxylic acids is 2. The third-order valence-electron chi connectivity index (χ3n) is 7.46. The summed E-state index contributed by atoms with van der Waals surface area (Å²) in [6, 6.07) is 7.17. The number of phenols is 2. The minimum atomic E-state index is -0.454. The van der Waals surface area contributed by atoms with Crippen LogP contribution in [0, 0.1) is 0 Å². The quantitative estimate of drug-likeness (QED) is 0.281. The molecule has 0 atom stereocenters. The molecule has 0 radical (unpaired) electrons. The Balaban J connectivity index is 2.46. The van der Waals surface area contributed by atoms with Crippen molar-refractivity contribution in [3.8, 4) is 23.0 Å². The predicted octanol–water partition coefficient (Wildman–Crippen LogP) is 5.95. The molecule has 8 nitrogen and oxygen atoms in total. The molecule has 0 saturated carbocycles. The highest BCUT2D eigenvalue weighted by Crippen LogP contribution is 2.44. The zero-order chi connectivity index (χ0) is 29.4. The molecule has 8 heteroatoms. The number of hydrogen-bond donors (Lipinski definition) is 2. The lowest BCUT2D eigenvalue weighted by atomic mass is 9.77. The van der Waals surface area contributed by atoms with Crippen LogP contribution in [0.3, 0.4) is 0 Å². The van der Waals surface area contributed by atoms with Crippen molar-refractivity contribution in [2.24, 2.45) is 0 Å². The van der Waals surface area contributed by atoms with E-state index in [9.17, 15) is 19.8 Å². The Morgan fingerprint density at radius 1 is 0.667 bits per heavy atom. The summed E-state index contributed by atoms with van der Waals surface area (Å²) in [5, 5.41) is 22.8. The Hall–Kier alpha value is -3.42. The summed E-state index contributed by atoms with van der Waals surface area (Å²) in [5.74, 6) is 0.895. The van der Waals surface area contributed by atoms with Gasteiger partial charge in [-0.05, 0) is 60.8 Å². The van der Waals surface area contributed by atoms with Gasteiger partial charge in [0.05, 0.1) is 28.4 Å². The fourth-order valence-electron chi connectivity index (χ4n) is 4.90. The van der Waals surface area contributed by atoms with Crippen LogP contribution in [0.4, 0.5) is 0 Å². The summed E-state index contributed by atoms with van der Waals surface area (Å²) in [7, 11) is 5.89. The van der Waals surface area contributed by atoms with Crippen molar-refractivity contribution in [3.05, 3.63) is 46.5 Å². The predicted molar refractivity (Wildman–Crippen MR) is 150 cm³/mol. The Morgan fingerprint density at radius 3 is 1.33 bits per heavy atom. The van der Waals surface area contributed by atoms with Gasteiger partial charge in [0.15, 0.2) is 0 Å². The van der Waals surface area contributed by atoms with E-state index < -0.39 is 10.8 Å². The minimum absolute atomic E-state index is 0.125. The maximum atomic E-state index is 11.6. The lowest BCUT2D eigenvalue weighted by molar-refractivity contribution is -0.141. The summed E-state index contributed by atoms with van der Waals surface area (Å²) >= 11 is 0. The zero-order valence-corrected chi connectivity index (χ0v) is 24.6. The van der Waals surface area contributed by atoms with Crippen molar-refractivity contribution in [3.63, 3.8) is 0 Å². The van der Waals surface area contributed by atoms with E-state index in [1.165, 1.54) is 14.2 Å². The molecule has 2 N–H and O–H groups in total. The van der Waals surface area contributed by atoms with Crippen LogP contribution in [0.5, 0.6) is 23.0 Å². The highest BCUT2D eigenvalue weighted by Gasteiger charge is 2.29. The van der Waals surface area contributed by atoms with Crippen molar-refractivity contribution in [1.82, 2.24) is 0 Å². The second kappa shape index (κ2) is 13.6. The molecule has 2 rings (SSSR count). The first-order valence-electron chi connectivity index (χ1n) is 13.2. The molecule has 0 fully saturated rings. The van der Waals surface area contributed by atoms with Gasteiger partial charge < -0.3 is 29.2 Å². The number of hydrogen-bond acceptors (Lipinski definition) is 8. The molecule has 0 heterocycles. The SMILES string of the molecule is COC(=O)CCCC(C)(C)c1cc(OC)cc(Cc2cc(OC)cc(C(C)(C)CCCC(=O)OC)c2O)c1O. The van der Waals surface area contributed by atoms with Gasteiger partial charge in [-0.3, -0.25) is 9.59 Å². The van der Waals surface area contributed by atoms with Crippen LogP contribution >= 0.6 is 0 Å². The van der Waals surface area contributed by atoms with Crippen LogP contribution in [-0.4, -0.2) is 50.6 Å². The Kier molecular flexibility index (Phi) is 11.1. The van der Waals surface area contributed by atoms with Gasteiger partial charge in [-0.2, -0.15) is 0 Å². The molecule has 2 aromatic carbocycles. The molecular formula is C31H44O8. The number of carbonyl (C=O) groups is 2.